The summed E-state index contributed by atoms with van der Waals surface area (Å²) in [5.74, 6) is -1.25. The highest BCUT2D eigenvalue weighted by atomic mass is 79.9. The Balaban J connectivity index is 1.44. The largest absolute Gasteiger partial charge is 0.491 e. The Morgan fingerprint density at radius 2 is 1.70 bits per heavy atom. The average Bonchev–Trinajstić information content (AvgIpc) is 3.37. The van der Waals surface area contributed by atoms with Crippen LogP contribution in [0.4, 0.5) is 0 Å². The van der Waals surface area contributed by atoms with E-state index in [0.717, 1.165) is 15.4 Å². The number of carbonyl (C=O) groups excluding carboxylic acids is 1. The van der Waals surface area contributed by atoms with Crippen LogP contribution in [0.3, 0.4) is 0 Å². The Morgan fingerprint density at radius 1 is 1.05 bits per heavy atom. The lowest BCUT2D eigenvalue weighted by Gasteiger charge is -2.37. The van der Waals surface area contributed by atoms with E-state index in [1.54, 1.807) is 4.57 Å². The zero-order valence-electron chi connectivity index (χ0n) is 26.5. The van der Waals surface area contributed by atoms with Crippen molar-refractivity contribution in [2.45, 2.75) is 96.6 Å². The van der Waals surface area contributed by atoms with Crippen LogP contribution < -0.4 is 4.74 Å². The minimum Gasteiger partial charge on any atom is -0.491 e. The fourth-order valence-electron chi connectivity index (χ4n) is 5.97. The fourth-order valence-corrected chi connectivity index (χ4v) is 7.33. The highest BCUT2D eigenvalue weighted by Crippen LogP contribution is 2.47. The van der Waals surface area contributed by atoms with Crippen molar-refractivity contribution in [3.8, 4) is 5.75 Å². The maximum Gasteiger partial charge on any atom is 0.323 e. The van der Waals surface area contributed by atoms with Gasteiger partial charge in [-0.05, 0) is 67.9 Å². The lowest BCUT2D eigenvalue weighted by atomic mass is 9.71. The molecule has 2 aliphatic rings. The van der Waals surface area contributed by atoms with Crippen LogP contribution in [0.5, 0.6) is 5.75 Å². The monoisotopic (exact) mass is 671 g/mol. The molecule has 2 atom stereocenters. The number of aliphatic carboxylic acids is 1. The number of nitrogens with zero attached hydrogens (tertiary/aromatic N) is 1. The molecule has 5 rings (SSSR count). The minimum atomic E-state index is -1.98. The number of halogens is 1. The summed E-state index contributed by atoms with van der Waals surface area (Å²) in [6, 6.07) is 11.1. The van der Waals surface area contributed by atoms with Gasteiger partial charge in [0.1, 0.15) is 31.1 Å². The standard InChI is InChI=1S/C33H42BrNO7Si/c1-31(2,3)43(8,9)40-18-26-25(41-33(6,7)42-26)17-39-20-11-13-21-23(15-20)32(4,5)30-28(29(21)38)22-12-10-19(34)14-24(22)35(30)16-27(36)37/h10-15,25-26H,16-18H2,1-9H3,(H,36,37)/t25-,26+/m1/s1. The molecular formula is C33H42BrNO7Si. The molecule has 1 N–H and O–H groups in total. The van der Waals surface area contributed by atoms with E-state index in [0.29, 0.717) is 34.7 Å². The van der Waals surface area contributed by atoms with Crippen molar-refractivity contribution in [3.63, 3.8) is 0 Å². The molecule has 1 fully saturated rings. The molecule has 3 aromatic rings. The van der Waals surface area contributed by atoms with Gasteiger partial charge in [-0.2, -0.15) is 0 Å². The van der Waals surface area contributed by atoms with Crippen LogP contribution in [-0.4, -0.2) is 61.0 Å². The smallest absolute Gasteiger partial charge is 0.323 e. The molecule has 232 valence electrons. The van der Waals surface area contributed by atoms with E-state index in [2.05, 4.69) is 49.8 Å². The summed E-state index contributed by atoms with van der Waals surface area (Å²) in [7, 11) is -1.98. The van der Waals surface area contributed by atoms with Gasteiger partial charge in [0.2, 0.25) is 0 Å². The van der Waals surface area contributed by atoms with Crippen LogP contribution in [0.25, 0.3) is 10.9 Å². The van der Waals surface area contributed by atoms with Crippen LogP contribution in [0.2, 0.25) is 18.1 Å². The minimum absolute atomic E-state index is 0.0773. The number of aromatic nitrogens is 1. The van der Waals surface area contributed by atoms with Gasteiger partial charge in [-0.1, -0.05) is 56.6 Å². The highest BCUT2D eigenvalue weighted by Gasteiger charge is 2.45. The third kappa shape index (κ3) is 5.84. The molecule has 0 radical (unpaired) electrons. The zero-order valence-corrected chi connectivity index (χ0v) is 29.0. The SMILES string of the molecule is CC1(C)O[C@@H](CO[Si](C)(C)C(C)(C)C)[C@@H](COc2ccc3c(c2)C(C)(C)c2c(c4ccc(Br)cc4n2CC(=O)O)C3=O)O1. The van der Waals surface area contributed by atoms with E-state index in [-0.39, 0.29) is 36.2 Å². The molecule has 0 saturated carbocycles. The number of ketones is 1. The van der Waals surface area contributed by atoms with Gasteiger partial charge < -0.3 is 28.3 Å². The summed E-state index contributed by atoms with van der Waals surface area (Å²) in [6.07, 6.45) is -0.623. The van der Waals surface area contributed by atoms with E-state index in [1.807, 2.05) is 64.1 Å². The molecule has 8 nitrogen and oxygen atoms in total. The molecule has 1 aliphatic heterocycles. The Morgan fingerprint density at radius 3 is 2.33 bits per heavy atom. The van der Waals surface area contributed by atoms with Crippen molar-refractivity contribution in [2.24, 2.45) is 0 Å². The quantitative estimate of drug-likeness (QED) is 0.251. The van der Waals surface area contributed by atoms with E-state index in [9.17, 15) is 14.7 Å². The predicted molar refractivity (Wildman–Crippen MR) is 172 cm³/mol. The second kappa shape index (κ2) is 10.8. The Labute approximate surface area is 262 Å². The van der Waals surface area contributed by atoms with E-state index < -0.39 is 25.5 Å². The maximum atomic E-state index is 13.9. The molecule has 1 aliphatic carbocycles. The van der Waals surface area contributed by atoms with Gasteiger partial charge in [-0.25, -0.2) is 0 Å². The number of rotatable bonds is 8. The lowest BCUT2D eigenvalue weighted by molar-refractivity contribution is -0.150. The normalized spacial score (nSPS) is 21.1. The number of carboxylic acid groups (broad SMARTS) is 1. The maximum absolute atomic E-state index is 13.9. The van der Waals surface area contributed by atoms with Crippen LogP contribution in [0, 0.1) is 0 Å². The lowest BCUT2D eigenvalue weighted by Crippen LogP contribution is -2.44. The average molecular weight is 673 g/mol. The van der Waals surface area contributed by atoms with Gasteiger partial charge in [0, 0.05) is 26.5 Å². The number of hydrogen-bond acceptors (Lipinski definition) is 6. The number of carbonyl (C=O) groups is 2. The number of benzene rings is 2. The first-order valence-electron chi connectivity index (χ1n) is 14.7. The van der Waals surface area contributed by atoms with Crippen LogP contribution in [0.1, 0.15) is 75.6 Å². The van der Waals surface area contributed by atoms with Crippen molar-refractivity contribution in [1.82, 2.24) is 4.57 Å². The Bertz CT molecular complexity index is 1600. The summed E-state index contributed by atoms with van der Waals surface area (Å²) in [6.45, 7) is 19.3. The molecule has 0 bridgehead atoms. The van der Waals surface area contributed by atoms with Gasteiger partial charge in [-0.15, -0.1) is 0 Å². The highest BCUT2D eigenvalue weighted by molar-refractivity contribution is 9.10. The second-order valence-electron chi connectivity index (χ2n) is 14.1. The first-order valence-corrected chi connectivity index (χ1v) is 18.4. The fraction of sp³-hybridized carbons (Fsp3) is 0.515. The predicted octanol–water partition coefficient (Wildman–Crippen LogP) is 7.28. The van der Waals surface area contributed by atoms with Crippen molar-refractivity contribution in [1.29, 1.82) is 0 Å². The van der Waals surface area contributed by atoms with Crippen molar-refractivity contribution in [3.05, 3.63) is 63.3 Å². The number of carboxylic acids is 1. The molecule has 0 unspecified atom stereocenters. The molecule has 1 aromatic heterocycles. The van der Waals surface area contributed by atoms with Gasteiger partial charge in [0.25, 0.3) is 0 Å². The molecule has 10 heteroatoms. The first kappa shape index (κ1) is 31.9. The number of hydrogen-bond donors (Lipinski definition) is 1. The van der Waals surface area contributed by atoms with Gasteiger partial charge in [-0.3, -0.25) is 9.59 Å². The van der Waals surface area contributed by atoms with Crippen molar-refractivity contribution < 1.29 is 33.3 Å². The van der Waals surface area contributed by atoms with Crippen LogP contribution in [0.15, 0.2) is 40.9 Å². The van der Waals surface area contributed by atoms with Crippen LogP contribution in [-0.2, 0) is 30.7 Å². The summed E-state index contributed by atoms with van der Waals surface area (Å²) in [4.78, 5) is 25.9. The van der Waals surface area contributed by atoms with Gasteiger partial charge in [0.05, 0.1) is 17.7 Å². The number of fused-ring (bicyclic) bond motifs is 4. The Kier molecular flexibility index (Phi) is 8.04. The number of ether oxygens (including phenoxy) is 3. The molecule has 43 heavy (non-hydrogen) atoms. The molecule has 2 aromatic carbocycles. The van der Waals surface area contributed by atoms with Crippen LogP contribution >= 0.6 is 15.9 Å². The summed E-state index contributed by atoms with van der Waals surface area (Å²) < 4.78 is 27.8. The first-order chi connectivity index (χ1) is 19.8. The van der Waals surface area contributed by atoms with Crippen molar-refractivity contribution >= 4 is 46.9 Å². The third-order valence-electron chi connectivity index (χ3n) is 9.16. The van der Waals surface area contributed by atoms with Gasteiger partial charge in [0.15, 0.2) is 19.9 Å². The summed E-state index contributed by atoms with van der Waals surface area (Å²) in [5, 5.41) is 10.6. The van der Waals surface area contributed by atoms with Crippen molar-refractivity contribution in [2.75, 3.05) is 13.2 Å². The molecule has 2 heterocycles. The summed E-state index contributed by atoms with van der Waals surface area (Å²) >= 11 is 3.50. The molecule has 1 saturated heterocycles. The van der Waals surface area contributed by atoms with E-state index in [4.69, 9.17) is 18.6 Å². The topological polar surface area (TPSA) is 96.2 Å². The third-order valence-corrected chi connectivity index (χ3v) is 14.2. The molecular weight excluding hydrogens is 630 g/mol. The Hall–Kier alpha value is -2.50. The molecule has 0 spiro atoms. The second-order valence-corrected chi connectivity index (χ2v) is 19.8. The van der Waals surface area contributed by atoms with E-state index in [1.165, 1.54) is 0 Å². The van der Waals surface area contributed by atoms with E-state index >= 15 is 0 Å². The van der Waals surface area contributed by atoms with Gasteiger partial charge >= 0.3 is 5.97 Å². The molecule has 0 amide bonds. The zero-order chi connectivity index (χ0) is 31.7. The summed E-state index contributed by atoms with van der Waals surface area (Å²) in [5.41, 5.74) is 2.66.